The number of imidazole rings is 1. The van der Waals surface area contributed by atoms with Crippen molar-refractivity contribution < 1.29 is 4.92 Å². The Labute approximate surface area is 132 Å². The molecule has 0 radical (unpaired) electrons. The first-order valence-corrected chi connectivity index (χ1v) is 7.22. The topological polar surface area (TPSA) is 110 Å². The lowest BCUT2D eigenvalue weighted by molar-refractivity contribution is -0.385. The number of rotatable bonds is 5. The lowest BCUT2D eigenvalue weighted by Crippen LogP contribution is -2.19. The minimum absolute atomic E-state index is 0.135. The van der Waals surface area contributed by atoms with Crippen molar-refractivity contribution in [1.82, 2.24) is 19.9 Å². The Morgan fingerprint density at radius 2 is 1.91 bits per heavy atom. The van der Waals surface area contributed by atoms with Crippen LogP contribution < -0.4 is 5.32 Å². The average molecular weight is 312 g/mol. The molecule has 23 heavy (non-hydrogen) atoms. The first-order valence-electron chi connectivity index (χ1n) is 7.22. The second kappa shape index (κ2) is 5.99. The first-order chi connectivity index (χ1) is 11.0. The molecule has 0 fully saturated rings. The maximum atomic E-state index is 10.7. The molecular weight excluding hydrogens is 296 g/mol. The summed E-state index contributed by atoms with van der Waals surface area (Å²) in [6, 6.07) is 7.65. The molecule has 2 heterocycles. The fourth-order valence-corrected chi connectivity index (χ4v) is 2.30. The van der Waals surface area contributed by atoms with Crippen LogP contribution in [0.15, 0.2) is 36.7 Å². The standard InChI is InChI=1S/C15H16N6O2/c1-9(2)13(14-18-11-5-3-4-6-12(11)19-14)20-15-16-7-10(8-17-15)21(22)23/h3-9,13H,1-2H3,(H,18,19)(H,16,17,20)/t13-/m1/s1. The van der Waals surface area contributed by atoms with Crippen molar-refractivity contribution in [2.75, 3.05) is 5.32 Å². The number of hydrogen-bond donors (Lipinski definition) is 2. The van der Waals surface area contributed by atoms with Gasteiger partial charge in [0.25, 0.3) is 0 Å². The van der Waals surface area contributed by atoms with Gasteiger partial charge in [0.1, 0.15) is 18.2 Å². The summed E-state index contributed by atoms with van der Waals surface area (Å²) in [6.45, 7) is 4.10. The van der Waals surface area contributed by atoms with E-state index < -0.39 is 4.92 Å². The summed E-state index contributed by atoms with van der Waals surface area (Å²) in [6.07, 6.45) is 2.37. The Kier molecular flexibility index (Phi) is 3.88. The molecule has 0 unspecified atom stereocenters. The third kappa shape index (κ3) is 3.10. The zero-order valence-electron chi connectivity index (χ0n) is 12.7. The van der Waals surface area contributed by atoms with E-state index in [0.29, 0.717) is 5.95 Å². The van der Waals surface area contributed by atoms with E-state index in [4.69, 9.17) is 0 Å². The maximum Gasteiger partial charge on any atom is 0.305 e. The van der Waals surface area contributed by atoms with Crippen LogP contribution in [0.25, 0.3) is 11.0 Å². The van der Waals surface area contributed by atoms with E-state index >= 15 is 0 Å². The molecule has 8 heteroatoms. The number of aromatic nitrogens is 4. The molecule has 118 valence electrons. The van der Waals surface area contributed by atoms with Crippen molar-refractivity contribution in [3.63, 3.8) is 0 Å². The number of fused-ring (bicyclic) bond motifs is 1. The van der Waals surface area contributed by atoms with Gasteiger partial charge in [0, 0.05) is 0 Å². The van der Waals surface area contributed by atoms with Gasteiger partial charge in [0.05, 0.1) is 22.0 Å². The molecule has 1 aromatic carbocycles. The number of nitro groups is 1. The highest BCUT2D eigenvalue weighted by Crippen LogP contribution is 2.25. The molecule has 0 bridgehead atoms. The molecule has 8 nitrogen and oxygen atoms in total. The van der Waals surface area contributed by atoms with Crippen molar-refractivity contribution in [3.05, 3.63) is 52.6 Å². The van der Waals surface area contributed by atoms with Gasteiger partial charge in [-0.25, -0.2) is 15.0 Å². The highest BCUT2D eigenvalue weighted by molar-refractivity contribution is 5.74. The molecule has 0 aliphatic heterocycles. The number of hydrogen-bond acceptors (Lipinski definition) is 6. The highest BCUT2D eigenvalue weighted by atomic mass is 16.6. The first kappa shape index (κ1) is 14.9. The molecule has 3 aromatic rings. The summed E-state index contributed by atoms with van der Waals surface area (Å²) in [5, 5.41) is 13.8. The second-order valence-corrected chi connectivity index (χ2v) is 5.53. The number of aromatic amines is 1. The third-order valence-electron chi connectivity index (χ3n) is 3.50. The van der Waals surface area contributed by atoms with E-state index in [1.165, 1.54) is 12.4 Å². The number of anilines is 1. The molecule has 1 atom stereocenters. The van der Waals surface area contributed by atoms with E-state index in [0.717, 1.165) is 16.9 Å². The minimum atomic E-state index is -0.525. The van der Waals surface area contributed by atoms with Crippen LogP contribution in [0.3, 0.4) is 0 Å². The minimum Gasteiger partial charge on any atom is -0.344 e. The van der Waals surface area contributed by atoms with Gasteiger partial charge in [0.2, 0.25) is 5.95 Å². The molecule has 0 aliphatic rings. The smallest absolute Gasteiger partial charge is 0.305 e. The van der Waals surface area contributed by atoms with Gasteiger partial charge < -0.3 is 10.3 Å². The van der Waals surface area contributed by atoms with Crippen molar-refractivity contribution in [1.29, 1.82) is 0 Å². The molecule has 0 amide bonds. The number of nitrogens with one attached hydrogen (secondary N) is 2. The average Bonchev–Trinajstić information content (AvgIpc) is 2.96. The van der Waals surface area contributed by atoms with Crippen LogP contribution in [0.4, 0.5) is 11.6 Å². The van der Waals surface area contributed by atoms with E-state index in [-0.39, 0.29) is 17.6 Å². The molecular formula is C15H16N6O2. The SMILES string of the molecule is CC(C)[C@@H](Nc1ncc([N+](=O)[O-])cn1)c1nc2ccccc2[nH]1. The van der Waals surface area contributed by atoms with Gasteiger partial charge in [-0.15, -0.1) is 0 Å². The van der Waals surface area contributed by atoms with E-state index in [1.807, 2.05) is 24.3 Å². The Morgan fingerprint density at radius 1 is 1.22 bits per heavy atom. The van der Waals surface area contributed by atoms with Gasteiger partial charge in [-0.05, 0) is 18.1 Å². The largest absolute Gasteiger partial charge is 0.344 e. The number of H-pyrrole nitrogens is 1. The normalized spacial score (nSPS) is 12.5. The Hall–Kier alpha value is -3.03. The molecule has 2 N–H and O–H groups in total. The number of para-hydroxylation sites is 2. The van der Waals surface area contributed by atoms with Crippen molar-refractivity contribution >= 4 is 22.7 Å². The molecule has 2 aromatic heterocycles. The predicted octanol–water partition coefficient (Wildman–Crippen LogP) is 3.07. The van der Waals surface area contributed by atoms with Crippen LogP contribution in [0.2, 0.25) is 0 Å². The Morgan fingerprint density at radius 3 is 2.52 bits per heavy atom. The summed E-state index contributed by atoms with van der Waals surface area (Å²) < 4.78 is 0. The Balaban J connectivity index is 1.88. The lowest BCUT2D eigenvalue weighted by Gasteiger charge is -2.20. The van der Waals surface area contributed by atoms with Crippen LogP contribution in [-0.4, -0.2) is 24.9 Å². The van der Waals surface area contributed by atoms with Crippen LogP contribution in [-0.2, 0) is 0 Å². The molecule has 3 rings (SSSR count). The van der Waals surface area contributed by atoms with Crippen LogP contribution in [0.1, 0.15) is 25.7 Å². The predicted molar refractivity (Wildman–Crippen MR) is 86.0 cm³/mol. The number of benzene rings is 1. The summed E-state index contributed by atoms with van der Waals surface area (Å²) >= 11 is 0. The second-order valence-electron chi connectivity index (χ2n) is 5.53. The molecule has 0 aliphatic carbocycles. The number of nitrogens with zero attached hydrogens (tertiary/aromatic N) is 4. The van der Waals surface area contributed by atoms with Gasteiger partial charge in [0.15, 0.2) is 0 Å². The van der Waals surface area contributed by atoms with Crippen LogP contribution in [0.5, 0.6) is 0 Å². The third-order valence-corrected chi connectivity index (χ3v) is 3.50. The summed E-state index contributed by atoms with van der Waals surface area (Å²) in [4.78, 5) is 26.0. The van der Waals surface area contributed by atoms with Crippen molar-refractivity contribution in [2.24, 2.45) is 5.92 Å². The highest BCUT2D eigenvalue weighted by Gasteiger charge is 2.21. The monoisotopic (exact) mass is 312 g/mol. The zero-order valence-corrected chi connectivity index (χ0v) is 12.7. The summed E-state index contributed by atoms with van der Waals surface area (Å²) in [5.74, 6) is 1.33. The molecule has 0 saturated carbocycles. The quantitative estimate of drug-likeness (QED) is 0.553. The van der Waals surface area contributed by atoms with Gasteiger partial charge in [-0.2, -0.15) is 0 Å². The lowest BCUT2D eigenvalue weighted by atomic mass is 10.0. The van der Waals surface area contributed by atoms with Crippen molar-refractivity contribution in [3.8, 4) is 0 Å². The zero-order chi connectivity index (χ0) is 16.4. The summed E-state index contributed by atoms with van der Waals surface area (Å²) in [7, 11) is 0. The maximum absolute atomic E-state index is 10.7. The van der Waals surface area contributed by atoms with Gasteiger partial charge in [-0.3, -0.25) is 10.1 Å². The van der Waals surface area contributed by atoms with Crippen LogP contribution >= 0.6 is 0 Å². The molecule has 0 saturated heterocycles. The van der Waals surface area contributed by atoms with E-state index in [1.54, 1.807) is 0 Å². The fraction of sp³-hybridized carbons (Fsp3) is 0.267. The van der Waals surface area contributed by atoms with E-state index in [9.17, 15) is 10.1 Å². The van der Waals surface area contributed by atoms with Gasteiger partial charge >= 0.3 is 5.69 Å². The molecule has 0 spiro atoms. The summed E-state index contributed by atoms with van der Waals surface area (Å²) in [5.41, 5.74) is 1.71. The van der Waals surface area contributed by atoms with E-state index in [2.05, 4.69) is 39.1 Å². The fourth-order valence-electron chi connectivity index (χ4n) is 2.30. The van der Waals surface area contributed by atoms with Gasteiger partial charge in [-0.1, -0.05) is 26.0 Å². The Bertz CT molecular complexity index is 794. The van der Waals surface area contributed by atoms with Crippen molar-refractivity contribution in [2.45, 2.75) is 19.9 Å². The van der Waals surface area contributed by atoms with Crippen LogP contribution in [0, 0.1) is 16.0 Å².